The van der Waals surface area contributed by atoms with Gasteiger partial charge in [0.2, 0.25) is 0 Å². The Morgan fingerprint density at radius 3 is 2.47 bits per heavy atom. The molecule has 2 heterocycles. The fourth-order valence-electron chi connectivity index (χ4n) is 3.85. The normalized spacial score (nSPS) is 12.6. The summed E-state index contributed by atoms with van der Waals surface area (Å²) in [6, 6.07) is 22.8. The molecule has 2 amide bonds. The van der Waals surface area contributed by atoms with Crippen molar-refractivity contribution in [3.8, 4) is 0 Å². The van der Waals surface area contributed by atoms with Gasteiger partial charge in [-0.1, -0.05) is 36.4 Å². The predicted molar refractivity (Wildman–Crippen MR) is 118 cm³/mol. The first-order chi connectivity index (χ1) is 14.7. The Hall–Kier alpha value is -3.99. The van der Waals surface area contributed by atoms with E-state index in [0.717, 1.165) is 28.4 Å². The minimum atomic E-state index is -0.175. The zero-order chi connectivity index (χ0) is 20.5. The van der Waals surface area contributed by atoms with E-state index in [2.05, 4.69) is 10.3 Å². The largest absolute Gasteiger partial charge is 0.322 e. The molecule has 1 aliphatic rings. The van der Waals surface area contributed by atoms with Gasteiger partial charge in [-0.25, -0.2) is 0 Å². The number of benzene rings is 3. The Kier molecular flexibility index (Phi) is 4.48. The van der Waals surface area contributed by atoms with Gasteiger partial charge in [-0.3, -0.25) is 14.6 Å². The molecule has 0 aliphatic carbocycles. The van der Waals surface area contributed by atoms with Crippen LogP contribution in [0.2, 0.25) is 0 Å². The van der Waals surface area contributed by atoms with Gasteiger partial charge < -0.3 is 10.2 Å². The first kappa shape index (κ1) is 18.1. The van der Waals surface area contributed by atoms with Crippen molar-refractivity contribution >= 4 is 34.0 Å². The predicted octanol–water partition coefficient (Wildman–Crippen LogP) is 4.69. The van der Waals surface area contributed by atoms with Gasteiger partial charge >= 0.3 is 0 Å². The maximum absolute atomic E-state index is 12.9. The molecule has 146 valence electrons. The van der Waals surface area contributed by atoms with Gasteiger partial charge in [0, 0.05) is 41.4 Å². The van der Waals surface area contributed by atoms with Crippen molar-refractivity contribution in [2.75, 3.05) is 16.8 Å². The van der Waals surface area contributed by atoms with Crippen molar-refractivity contribution in [3.05, 3.63) is 102 Å². The highest BCUT2D eigenvalue weighted by Gasteiger charge is 2.26. The number of pyridine rings is 1. The first-order valence-electron chi connectivity index (χ1n) is 9.84. The van der Waals surface area contributed by atoms with Gasteiger partial charge in [0.15, 0.2) is 0 Å². The topological polar surface area (TPSA) is 62.3 Å². The maximum Gasteiger partial charge on any atom is 0.258 e. The van der Waals surface area contributed by atoms with E-state index >= 15 is 0 Å². The van der Waals surface area contributed by atoms with Crippen molar-refractivity contribution in [2.45, 2.75) is 6.42 Å². The van der Waals surface area contributed by atoms with E-state index in [1.807, 2.05) is 60.7 Å². The highest BCUT2D eigenvalue weighted by atomic mass is 16.2. The number of rotatable bonds is 3. The molecule has 30 heavy (non-hydrogen) atoms. The smallest absolute Gasteiger partial charge is 0.258 e. The van der Waals surface area contributed by atoms with Gasteiger partial charge in [-0.15, -0.1) is 0 Å². The number of amides is 2. The summed E-state index contributed by atoms with van der Waals surface area (Å²) in [7, 11) is 0. The van der Waals surface area contributed by atoms with Crippen LogP contribution in [-0.4, -0.2) is 23.3 Å². The third-order valence-corrected chi connectivity index (χ3v) is 5.42. The number of hydrogen-bond acceptors (Lipinski definition) is 3. The molecule has 1 aliphatic heterocycles. The highest BCUT2D eigenvalue weighted by molar-refractivity contribution is 6.09. The number of nitrogens with zero attached hydrogens (tertiary/aromatic N) is 2. The van der Waals surface area contributed by atoms with Gasteiger partial charge in [0.25, 0.3) is 11.8 Å². The number of aromatic nitrogens is 1. The van der Waals surface area contributed by atoms with Crippen LogP contribution in [0.3, 0.4) is 0 Å². The Morgan fingerprint density at radius 1 is 0.833 bits per heavy atom. The Balaban J connectivity index is 1.40. The van der Waals surface area contributed by atoms with Crippen LogP contribution in [-0.2, 0) is 6.42 Å². The minimum absolute atomic E-state index is 0.0610. The molecule has 5 nitrogen and oxygen atoms in total. The molecule has 5 heteroatoms. The molecule has 1 aromatic heterocycles. The maximum atomic E-state index is 12.9. The molecule has 3 aromatic carbocycles. The van der Waals surface area contributed by atoms with E-state index in [-0.39, 0.29) is 11.8 Å². The zero-order valence-electron chi connectivity index (χ0n) is 16.2. The van der Waals surface area contributed by atoms with Crippen molar-refractivity contribution in [1.29, 1.82) is 0 Å². The third-order valence-electron chi connectivity index (χ3n) is 5.42. The molecular weight excluding hydrogens is 374 g/mol. The third kappa shape index (κ3) is 3.31. The van der Waals surface area contributed by atoms with Gasteiger partial charge in [0.05, 0.1) is 0 Å². The van der Waals surface area contributed by atoms with Crippen LogP contribution in [0.5, 0.6) is 0 Å². The molecule has 0 bridgehead atoms. The summed E-state index contributed by atoms with van der Waals surface area (Å²) < 4.78 is 0. The molecule has 0 spiro atoms. The second-order valence-corrected chi connectivity index (χ2v) is 7.30. The van der Waals surface area contributed by atoms with Crippen LogP contribution >= 0.6 is 0 Å². The summed E-state index contributed by atoms with van der Waals surface area (Å²) in [5.74, 6) is -0.236. The molecular formula is C25H19N3O2. The molecule has 0 saturated heterocycles. The lowest BCUT2D eigenvalue weighted by Crippen LogP contribution is -2.28. The molecule has 4 aromatic rings. The van der Waals surface area contributed by atoms with Crippen molar-refractivity contribution in [1.82, 2.24) is 4.98 Å². The molecule has 0 saturated carbocycles. The monoisotopic (exact) mass is 393 g/mol. The summed E-state index contributed by atoms with van der Waals surface area (Å²) >= 11 is 0. The number of anilines is 2. The van der Waals surface area contributed by atoms with Crippen LogP contribution < -0.4 is 10.2 Å². The van der Waals surface area contributed by atoms with E-state index in [1.54, 1.807) is 29.4 Å². The minimum Gasteiger partial charge on any atom is -0.322 e. The molecule has 0 fully saturated rings. The van der Waals surface area contributed by atoms with Crippen molar-refractivity contribution in [3.63, 3.8) is 0 Å². The fourth-order valence-corrected chi connectivity index (χ4v) is 3.85. The van der Waals surface area contributed by atoms with Crippen LogP contribution in [0, 0.1) is 0 Å². The average Bonchev–Trinajstić information content (AvgIpc) is 3.22. The van der Waals surface area contributed by atoms with Crippen LogP contribution in [0.25, 0.3) is 10.8 Å². The lowest BCUT2D eigenvalue weighted by Gasteiger charge is -2.18. The van der Waals surface area contributed by atoms with Gasteiger partial charge in [-0.05, 0) is 59.2 Å². The van der Waals surface area contributed by atoms with E-state index < -0.39 is 0 Å². The average molecular weight is 393 g/mol. The molecule has 5 rings (SSSR count). The summed E-state index contributed by atoms with van der Waals surface area (Å²) in [5.41, 5.74) is 3.80. The standard InChI is InChI=1S/C25H19N3O2/c29-24(21-6-5-17-3-1-2-4-20(17)15-21)27-22-8-7-18-11-14-28(23(18)16-22)25(30)19-9-12-26-13-10-19/h1-10,12-13,15-16H,11,14H2,(H,27,29). The van der Waals surface area contributed by atoms with E-state index in [9.17, 15) is 9.59 Å². The molecule has 0 atom stereocenters. The molecule has 0 unspecified atom stereocenters. The van der Waals surface area contributed by atoms with Crippen molar-refractivity contribution in [2.24, 2.45) is 0 Å². The van der Waals surface area contributed by atoms with Crippen LogP contribution in [0.15, 0.2) is 85.2 Å². The Bertz CT molecular complexity index is 1270. The van der Waals surface area contributed by atoms with E-state index in [0.29, 0.717) is 23.4 Å². The SMILES string of the molecule is O=C(Nc1ccc2c(c1)N(C(=O)c1ccncc1)CC2)c1ccc2ccccc2c1. The second kappa shape index (κ2) is 7.44. The van der Waals surface area contributed by atoms with Crippen LogP contribution in [0.4, 0.5) is 11.4 Å². The van der Waals surface area contributed by atoms with Crippen LogP contribution in [0.1, 0.15) is 26.3 Å². The second-order valence-electron chi connectivity index (χ2n) is 7.30. The number of carbonyl (C=O) groups excluding carboxylic acids is 2. The molecule has 0 radical (unpaired) electrons. The fraction of sp³-hybridized carbons (Fsp3) is 0.0800. The zero-order valence-corrected chi connectivity index (χ0v) is 16.2. The first-order valence-corrected chi connectivity index (χ1v) is 9.84. The highest BCUT2D eigenvalue weighted by Crippen LogP contribution is 2.32. The molecule has 1 N–H and O–H groups in total. The Morgan fingerprint density at radius 2 is 1.63 bits per heavy atom. The summed E-state index contributed by atoms with van der Waals surface area (Å²) in [4.78, 5) is 31.4. The lowest BCUT2D eigenvalue weighted by molar-refractivity contribution is 0.0988. The quantitative estimate of drug-likeness (QED) is 0.549. The summed E-state index contributed by atoms with van der Waals surface area (Å²) in [5, 5.41) is 5.08. The lowest BCUT2D eigenvalue weighted by atomic mass is 10.1. The number of hydrogen-bond donors (Lipinski definition) is 1. The van der Waals surface area contributed by atoms with Gasteiger partial charge in [0.1, 0.15) is 0 Å². The number of carbonyl (C=O) groups is 2. The van der Waals surface area contributed by atoms with Crippen molar-refractivity contribution < 1.29 is 9.59 Å². The van der Waals surface area contributed by atoms with E-state index in [1.165, 1.54) is 0 Å². The summed E-state index contributed by atoms with van der Waals surface area (Å²) in [6.07, 6.45) is 4.03. The van der Waals surface area contributed by atoms with E-state index in [4.69, 9.17) is 0 Å². The summed E-state index contributed by atoms with van der Waals surface area (Å²) in [6.45, 7) is 0.624. The number of nitrogens with one attached hydrogen (secondary N) is 1. The Labute approximate surface area is 174 Å². The van der Waals surface area contributed by atoms with Gasteiger partial charge in [-0.2, -0.15) is 0 Å². The number of fused-ring (bicyclic) bond motifs is 2.